The second kappa shape index (κ2) is 3.73. The van der Waals surface area contributed by atoms with E-state index in [0.717, 1.165) is 5.56 Å². The first-order valence-electron chi connectivity index (χ1n) is 3.67. The number of terminal acetylenes is 1. The third-order valence-corrected chi connectivity index (χ3v) is 1.51. The lowest BCUT2D eigenvalue weighted by atomic mass is 10.1. The normalized spacial score (nSPS) is 10.1. The Bertz CT molecular complexity index is 343. The topological polar surface area (TPSA) is 0 Å². The predicted octanol–water partition coefficient (Wildman–Crippen LogP) is 2.84. The summed E-state index contributed by atoms with van der Waals surface area (Å²) in [6.07, 6.45) is 8.74. The Morgan fingerprint density at radius 3 is 2.75 bits per heavy atom. The van der Waals surface area contributed by atoms with Crippen molar-refractivity contribution in [3.8, 4) is 12.3 Å². The van der Waals surface area contributed by atoms with Crippen LogP contribution in [0.2, 0.25) is 0 Å². The van der Waals surface area contributed by atoms with Crippen LogP contribution in [0.3, 0.4) is 0 Å². The van der Waals surface area contributed by atoms with Crippen molar-refractivity contribution in [1.82, 2.24) is 0 Å². The number of hydrogen-bond acceptors (Lipinski definition) is 0. The lowest BCUT2D eigenvalue weighted by molar-refractivity contribution is 0.624. The maximum Gasteiger partial charge on any atom is 0.139 e. The van der Waals surface area contributed by atoms with Crippen molar-refractivity contribution >= 4 is 6.08 Å². The van der Waals surface area contributed by atoms with Crippen molar-refractivity contribution in [1.29, 1.82) is 0 Å². The minimum atomic E-state index is -0.340. The van der Waals surface area contributed by atoms with Crippen molar-refractivity contribution in [2.75, 3.05) is 0 Å². The van der Waals surface area contributed by atoms with Crippen LogP contribution in [0.25, 0.3) is 6.08 Å². The quantitative estimate of drug-likeness (QED) is 0.554. The van der Waals surface area contributed by atoms with Crippen molar-refractivity contribution in [3.05, 3.63) is 41.2 Å². The summed E-state index contributed by atoms with van der Waals surface area (Å²) in [4.78, 5) is 0. The summed E-state index contributed by atoms with van der Waals surface area (Å²) in [7, 11) is 0. The molecule has 0 saturated carbocycles. The van der Waals surface area contributed by atoms with E-state index in [0.29, 0.717) is 5.56 Å². The number of halogens is 1. The van der Waals surface area contributed by atoms with Gasteiger partial charge in [-0.1, -0.05) is 24.1 Å². The average molecular weight is 160 g/mol. The van der Waals surface area contributed by atoms with Crippen LogP contribution >= 0.6 is 0 Å². The maximum absolute atomic E-state index is 13.0. The summed E-state index contributed by atoms with van der Waals surface area (Å²) >= 11 is 0. The van der Waals surface area contributed by atoms with Crippen LogP contribution in [0.15, 0.2) is 24.3 Å². The van der Waals surface area contributed by atoms with Gasteiger partial charge in [0, 0.05) is 0 Å². The zero-order chi connectivity index (χ0) is 8.97. The minimum Gasteiger partial charge on any atom is -0.206 e. The molecule has 0 saturated heterocycles. The molecule has 0 atom stereocenters. The first kappa shape index (κ1) is 8.55. The van der Waals surface area contributed by atoms with Crippen molar-refractivity contribution in [2.24, 2.45) is 0 Å². The van der Waals surface area contributed by atoms with Crippen molar-refractivity contribution in [2.45, 2.75) is 6.92 Å². The van der Waals surface area contributed by atoms with E-state index in [2.05, 4.69) is 5.92 Å². The number of benzene rings is 1. The highest BCUT2D eigenvalue weighted by Crippen LogP contribution is 2.10. The molecule has 12 heavy (non-hydrogen) atoms. The molecular formula is C11H9F. The number of rotatable bonds is 1. The highest BCUT2D eigenvalue weighted by molar-refractivity contribution is 5.51. The standard InChI is InChI=1S/C11H9F/c1-3-5-9-6-7-10(4-2)11(12)8-9/h2-3,5-8H,1H3/b5-3+. The lowest BCUT2D eigenvalue weighted by Gasteiger charge is -1.95. The van der Waals surface area contributed by atoms with Crippen LogP contribution in [-0.4, -0.2) is 0 Å². The van der Waals surface area contributed by atoms with E-state index in [9.17, 15) is 4.39 Å². The fourth-order valence-electron chi connectivity index (χ4n) is 0.945. The van der Waals surface area contributed by atoms with Crippen LogP contribution in [0.4, 0.5) is 4.39 Å². The largest absolute Gasteiger partial charge is 0.206 e. The van der Waals surface area contributed by atoms with Gasteiger partial charge < -0.3 is 0 Å². The fraction of sp³-hybridized carbons (Fsp3) is 0.0909. The smallest absolute Gasteiger partial charge is 0.139 e. The van der Waals surface area contributed by atoms with Gasteiger partial charge in [-0.25, -0.2) is 4.39 Å². The summed E-state index contributed by atoms with van der Waals surface area (Å²) in [5.41, 5.74) is 1.14. The van der Waals surface area contributed by atoms with Crippen molar-refractivity contribution in [3.63, 3.8) is 0 Å². The third-order valence-electron chi connectivity index (χ3n) is 1.51. The third kappa shape index (κ3) is 1.73. The Morgan fingerprint density at radius 2 is 2.25 bits per heavy atom. The Balaban J connectivity index is 3.12. The van der Waals surface area contributed by atoms with Gasteiger partial charge in [-0.2, -0.15) is 0 Å². The van der Waals surface area contributed by atoms with Gasteiger partial charge in [-0.3, -0.25) is 0 Å². The molecule has 0 aliphatic carbocycles. The molecule has 0 nitrogen and oxygen atoms in total. The summed E-state index contributed by atoms with van der Waals surface area (Å²) in [5.74, 6) is 1.93. The molecule has 0 radical (unpaired) electrons. The Kier molecular flexibility index (Phi) is 2.66. The molecule has 1 aromatic carbocycles. The molecule has 1 rings (SSSR count). The molecule has 0 spiro atoms. The number of hydrogen-bond donors (Lipinski definition) is 0. The van der Waals surface area contributed by atoms with Crippen LogP contribution in [-0.2, 0) is 0 Å². The van der Waals surface area contributed by atoms with Crippen LogP contribution in [0.1, 0.15) is 18.1 Å². The molecule has 0 N–H and O–H groups in total. The first-order valence-corrected chi connectivity index (χ1v) is 3.67. The molecule has 0 aliphatic rings. The molecule has 0 aromatic heterocycles. The van der Waals surface area contributed by atoms with Crippen LogP contribution in [0.5, 0.6) is 0 Å². The Labute approximate surface area is 71.7 Å². The molecule has 0 amide bonds. The Morgan fingerprint density at radius 1 is 1.50 bits per heavy atom. The summed E-state index contributed by atoms with van der Waals surface area (Å²) in [5, 5.41) is 0. The van der Waals surface area contributed by atoms with E-state index >= 15 is 0 Å². The van der Waals surface area contributed by atoms with Gasteiger partial charge in [0.05, 0.1) is 5.56 Å². The molecule has 0 aliphatic heterocycles. The van der Waals surface area contributed by atoms with Gasteiger partial charge in [0.25, 0.3) is 0 Å². The van der Waals surface area contributed by atoms with E-state index < -0.39 is 0 Å². The molecule has 1 heteroatoms. The molecule has 0 unspecified atom stereocenters. The monoisotopic (exact) mass is 160 g/mol. The average Bonchev–Trinajstić information content (AvgIpc) is 2.05. The maximum atomic E-state index is 13.0. The second-order valence-electron chi connectivity index (χ2n) is 2.38. The molecular weight excluding hydrogens is 151 g/mol. The highest BCUT2D eigenvalue weighted by atomic mass is 19.1. The first-order chi connectivity index (χ1) is 5.77. The summed E-state index contributed by atoms with van der Waals surface area (Å²) < 4.78 is 13.0. The van der Waals surface area contributed by atoms with Gasteiger partial charge in [0.1, 0.15) is 5.82 Å². The molecule has 0 heterocycles. The zero-order valence-electron chi connectivity index (χ0n) is 6.84. The SMILES string of the molecule is C#Cc1ccc(/C=C/C)cc1F. The predicted molar refractivity (Wildman–Crippen MR) is 49.0 cm³/mol. The molecule has 60 valence electrons. The molecule has 0 bridgehead atoms. The van der Waals surface area contributed by atoms with Gasteiger partial charge in [-0.15, -0.1) is 6.42 Å². The van der Waals surface area contributed by atoms with Crippen LogP contribution in [0, 0.1) is 18.2 Å². The minimum absolute atomic E-state index is 0.309. The highest BCUT2D eigenvalue weighted by Gasteiger charge is 1.97. The lowest BCUT2D eigenvalue weighted by Crippen LogP contribution is -1.83. The Hall–Kier alpha value is -1.55. The second-order valence-corrected chi connectivity index (χ2v) is 2.38. The van der Waals surface area contributed by atoms with Gasteiger partial charge in [-0.05, 0) is 24.6 Å². The van der Waals surface area contributed by atoms with E-state index in [-0.39, 0.29) is 5.82 Å². The van der Waals surface area contributed by atoms with Gasteiger partial charge in [0.15, 0.2) is 0 Å². The summed E-state index contributed by atoms with van der Waals surface area (Å²) in [6.45, 7) is 1.88. The van der Waals surface area contributed by atoms with Crippen molar-refractivity contribution < 1.29 is 4.39 Å². The fourth-order valence-corrected chi connectivity index (χ4v) is 0.945. The zero-order valence-corrected chi connectivity index (χ0v) is 6.84. The molecule has 0 fully saturated rings. The molecule has 1 aromatic rings. The van der Waals surface area contributed by atoms with E-state index in [1.807, 2.05) is 19.1 Å². The van der Waals surface area contributed by atoms with Crippen LogP contribution < -0.4 is 0 Å². The van der Waals surface area contributed by atoms with E-state index in [4.69, 9.17) is 6.42 Å². The van der Waals surface area contributed by atoms with Gasteiger partial charge in [0.2, 0.25) is 0 Å². The van der Waals surface area contributed by atoms with E-state index in [1.54, 1.807) is 12.1 Å². The van der Waals surface area contributed by atoms with E-state index in [1.165, 1.54) is 6.07 Å². The number of allylic oxidation sites excluding steroid dienone is 1. The van der Waals surface area contributed by atoms with Gasteiger partial charge >= 0.3 is 0 Å². The summed E-state index contributed by atoms with van der Waals surface area (Å²) in [6, 6.07) is 4.82.